The Balaban J connectivity index is 1.65. The average Bonchev–Trinajstić information content (AvgIpc) is 2.87. The van der Waals surface area contributed by atoms with E-state index in [9.17, 15) is 4.79 Å². The van der Waals surface area contributed by atoms with Gasteiger partial charge in [0.15, 0.2) is 0 Å². The van der Waals surface area contributed by atoms with Crippen molar-refractivity contribution >= 4 is 29.5 Å². The Morgan fingerprint density at radius 1 is 1.26 bits per heavy atom. The van der Waals surface area contributed by atoms with Crippen molar-refractivity contribution in [1.29, 1.82) is 0 Å². The van der Waals surface area contributed by atoms with E-state index in [1.165, 1.54) is 18.7 Å². The first-order chi connectivity index (χ1) is 16.6. The van der Waals surface area contributed by atoms with E-state index in [4.69, 9.17) is 9.47 Å². The van der Waals surface area contributed by atoms with E-state index in [-0.39, 0.29) is 5.91 Å². The predicted octanol–water partition coefficient (Wildman–Crippen LogP) is 4.55. The van der Waals surface area contributed by atoms with Gasteiger partial charge in [-0.3, -0.25) is 14.7 Å². The van der Waals surface area contributed by atoms with Gasteiger partial charge in [-0.1, -0.05) is 25.1 Å². The third kappa shape index (κ3) is 7.79. The molecule has 178 valence electrons. The molecule has 1 aliphatic rings. The van der Waals surface area contributed by atoms with Gasteiger partial charge in [0, 0.05) is 55.6 Å². The second-order valence-electron chi connectivity index (χ2n) is 7.79. The average molecular weight is 461 g/mol. The van der Waals surface area contributed by atoms with Gasteiger partial charge >= 0.3 is 0 Å². The summed E-state index contributed by atoms with van der Waals surface area (Å²) in [6.07, 6.45) is 11.3. The fourth-order valence-corrected chi connectivity index (χ4v) is 3.51. The minimum Gasteiger partial charge on any atom is -0.481 e. The molecule has 0 atom stereocenters. The van der Waals surface area contributed by atoms with Crippen LogP contribution in [0.15, 0.2) is 72.3 Å². The maximum atomic E-state index is 12.5. The molecule has 1 fully saturated rings. The highest BCUT2D eigenvalue weighted by Crippen LogP contribution is 2.20. The number of amides is 1. The fourth-order valence-electron chi connectivity index (χ4n) is 3.51. The number of aromatic nitrogens is 1. The van der Waals surface area contributed by atoms with E-state index in [0.717, 1.165) is 61.7 Å². The molecule has 0 unspecified atom stereocenters. The van der Waals surface area contributed by atoms with E-state index in [2.05, 4.69) is 39.8 Å². The number of carbonyl (C=O) groups is 1. The molecule has 1 aromatic heterocycles. The van der Waals surface area contributed by atoms with Gasteiger partial charge in [-0.05, 0) is 54.0 Å². The van der Waals surface area contributed by atoms with Crippen molar-refractivity contribution in [3.05, 3.63) is 84.0 Å². The summed E-state index contributed by atoms with van der Waals surface area (Å²) in [6, 6.07) is 9.84. The smallest absolute Gasteiger partial charge is 0.248 e. The molecule has 1 amide bonds. The second-order valence-corrected chi connectivity index (χ2v) is 7.79. The van der Waals surface area contributed by atoms with E-state index >= 15 is 0 Å². The number of carbonyl (C=O) groups excluding carboxylic acids is 1. The molecule has 0 aliphatic carbocycles. The number of anilines is 1. The molecule has 2 heterocycles. The maximum absolute atomic E-state index is 12.5. The molecule has 0 bridgehead atoms. The molecule has 0 spiro atoms. The van der Waals surface area contributed by atoms with Gasteiger partial charge in [0.25, 0.3) is 0 Å². The molecule has 0 saturated carbocycles. The largest absolute Gasteiger partial charge is 0.481 e. The van der Waals surface area contributed by atoms with E-state index in [1.807, 2.05) is 30.3 Å². The van der Waals surface area contributed by atoms with Gasteiger partial charge in [0.1, 0.15) is 0 Å². The van der Waals surface area contributed by atoms with Crippen LogP contribution in [0.5, 0.6) is 0 Å². The first-order valence-corrected chi connectivity index (χ1v) is 11.4. The van der Waals surface area contributed by atoms with Crippen molar-refractivity contribution in [1.82, 2.24) is 9.88 Å². The summed E-state index contributed by atoms with van der Waals surface area (Å²) in [5.74, 6) is 0.113. The Bertz CT molecular complexity index is 1050. The number of methoxy groups -OCH3 is 1. The number of rotatable bonds is 10. The Morgan fingerprint density at radius 2 is 2.03 bits per heavy atom. The zero-order chi connectivity index (χ0) is 24.2. The third-order valence-corrected chi connectivity index (χ3v) is 5.32. The van der Waals surface area contributed by atoms with Crippen LogP contribution in [0.2, 0.25) is 0 Å². The molecule has 3 rings (SSSR count). The summed E-state index contributed by atoms with van der Waals surface area (Å²) in [5, 5.41) is 2.92. The summed E-state index contributed by atoms with van der Waals surface area (Å²) in [7, 11) is 1.53. The third-order valence-electron chi connectivity index (χ3n) is 5.32. The van der Waals surface area contributed by atoms with Crippen molar-refractivity contribution in [2.45, 2.75) is 19.9 Å². The SMILES string of the molecule is C=C(/N=C\C(=C/CC)c1ccncc1/C=C/C(=O)Nc1ccc(CN2CCOCC2)cc1)OC. The number of allylic oxidation sites excluding steroid dienone is 2. The van der Waals surface area contributed by atoms with Crippen molar-refractivity contribution in [2.75, 3.05) is 38.7 Å². The van der Waals surface area contributed by atoms with Crippen LogP contribution in [0, 0.1) is 0 Å². The number of benzene rings is 1. The Hall–Kier alpha value is -3.55. The Morgan fingerprint density at radius 3 is 2.74 bits per heavy atom. The number of hydrogen-bond donors (Lipinski definition) is 1. The van der Waals surface area contributed by atoms with Gasteiger partial charge < -0.3 is 14.8 Å². The monoisotopic (exact) mass is 460 g/mol. The summed E-state index contributed by atoms with van der Waals surface area (Å²) in [6.45, 7) is 10.1. The van der Waals surface area contributed by atoms with E-state index in [1.54, 1.807) is 24.7 Å². The minimum absolute atomic E-state index is 0.210. The molecular formula is C27H32N4O3. The number of nitrogens with zero attached hydrogens (tertiary/aromatic N) is 3. The van der Waals surface area contributed by atoms with Gasteiger partial charge in [-0.25, -0.2) is 4.99 Å². The zero-order valence-electron chi connectivity index (χ0n) is 19.9. The highest BCUT2D eigenvalue weighted by atomic mass is 16.5. The lowest BCUT2D eigenvalue weighted by molar-refractivity contribution is -0.111. The molecule has 7 heteroatoms. The molecule has 1 aliphatic heterocycles. The molecule has 1 saturated heterocycles. The second kappa shape index (κ2) is 13.2. The number of pyridine rings is 1. The minimum atomic E-state index is -0.210. The van der Waals surface area contributed by atoms with E-state index < -0.39 is 0 Å². The zero-order valence-corrected chi connectivity index (χ0v) is 19.9. The van der Waals surface area contributed by atoms with Crippen LogP contribution in [0.25, 0.3) is 11.6 Å². The highest BCUT2D eigenvalue weighted by molar-refractivity contribution is 6.11. The molecule has 7 nitrogen and oxygen atoms in total. The van der Waals surface area contributed by atoms with E-state index in [0.29, 0.717) is 5.88 Å². The van der Waals surface area contributed by atoms with Crippen LogP contribution in [-0.4, -0.2) is 55.4 Å². The molecule has 0 radical (unpaired) electrons. The molecule has 1 aromatic carbocycles. The predicted molar refractivity (Wildman–Crippen MR) is 137 cm³/mol. The number of hydrogen-bond acceptors (Lipinski definition) is 6. The van der Waals surface area contributed by atoms with Gasteiger partial charge in [-0.2, -0.15) is 0 Å². The lowest BCUT2D eigenvalue weighted by Crippen LogP contribution is -2.35. The van der Waals surface area contributed by atoms with Crippen molar-refractivity contribution in [3.8, 4) is 0 Å². The molecule has 1 N–H and O–H groups in total. The standard InChI is InChI=1S/C27H32N4O3/c1-4-5-23(19-29-21(2)33-3)26-12-13-28-18-24(26)8-11-27(32)30-25-9-6-22(7-10-25)20-31-14-16-34-17-15-31/h5-13,18-19H,2,4,14-17,20H2,1,3H3,(H,30,32)/b11-8+,23-5+,29-19-. The van der Waals surface area contributed by atoms with Crippen LogP contribution in [0.3, 0.4) is 0 Å². The topological polar surface area (TPSA) is 76.1 Å². The van der Waals surface area contributed by atoms with Crippen LogP contribution in [0.1, 0.15) is 30.0 Å². The Kier molecular flexibility index (Phi) is 9.76. The van der Waals surface area contributed by atoms with Crippen molar-refractivity contribution in [3.63, 3.8) is 0 Å². The maximum Gasteiger partial charge on any atom is 0.248 e. The van der Waals surface area contributed by atoms with Crippen molar-refractivity contribution < 1.29 is 14.3 Å². The molecular weight excluding hydrogens is 428 g/mol. The van der Waals surface area contributed by atoms with Crippen LogP contribution in [0.4, 0.5) is 5.69 Å². The van der Waals surface area contributed by atoms with Gasteiger partial charge in [-0.15, -0.1) is 0 Å². The summed E-state index contributed by atoms with van der Waals surface area (Å²) >= 11 is 0. The first-order valence-electron chi connectivity index (χ1n) is 11.4. The number of nitrogens with one attached hydrogen (secondary N) is 1. The summed E-state index contributed by atoms with van der Waals surface area (Å²) < 4.78 is 10.4. The van der Waals surface area contributed by atoms with Crippen LogP contribution >= 0.6 is 0 Å². The Labute approximate surface area is 201 Å². The summed E-state index contributed by atoms with van der Waals surface area (Å²) in [5.41, 5.74) is 4.60. The van der Waals surface area contributed by atoms with Crippen LogP contribution in [-0.2, 0) is 20.8 Å². The fraction of sp³-hybridized carbons (Fsp3) is 0.296. The number of morpholine rings is 1. The number of ether oxygens (including phenoxy) is 2. The normalized spacial score (nSPS) is 15.1. The van der Waals surface area contributed by atoms with Crippen molar-refractivity contribution in [2.24, 2.45) is 4.99 Å². The first kappa shape index (κ1) is 25.1. The molecule has 34 heavy (non-hydrogen) atoms. The van der Waals surface area contributed by atoms with Gasteiger partial charge in [0.05, 0.1) is 20.3 Å². The van der Waals surface area contributed by atoms with Crippen LogP contribution < -0.4 is 5.32 Å². The quantitative estimate of drug-likeness (QED) is 0.320. The highest BCUT2D eigenvalue weighted by Gasteiger charge is 2.10. The lowest BCUT2D eigenvalue weighted by Gasteiger charge is -2.26. The lowest BCUT2D eigenvalue weighted by atomic mass is 10.0. The molecule has 2 aromatic rings. The summed E-state index contributed by atoms with van der Waals surface area (Å²) in [4.78, 5) is 23.3. The van der Waals surface area contributed by atoms with Gasteiger partial charge in [0.2, 0.25) is 11.8 Å². The number of aliphatic imine (C=N–C) groups is 1.